The number of nitrogens with zero attached hydrogens (tertiary/aromatic N) is 1. The molecule has 0 saturated heterocycles. The predicted molar refractivity (Wildman–Crippen MR) is 39.9 cm³/mol. The molecule has 0 amide bonds. The standard InChI is InChI=1S/C7H12N2O.HI/c1-6-5-10-7(3-4-8)9(6)2;/h3-4,6,8H,5H2,1-2H3;1H. The summed E-state index contributed by atoms with van der Waals surface area (Å²) < 4.78 is 7.35. The van der Waals surface area contributed by atoms with Gasteiger partial charge in [0.1, 0.15) is 7.05 Å². The van der Waals surface area contributed by atoms with E-state index < -0.39 is 0 Å². The summed E-state index contributed by atoms with van der Waals surface area (Å²) in [7, 11) is 1.99. The Bertz CT molecular complexity index is 189. The zero-order valence-electron chi connectivity index (χ0n) is 6.75. The van der Waals surface area contributed by atoms with Crippen LogP contribution in [0.1, 0.15) is 6.92 Å². The fourth-order valence-corrected chi connectivity index (χ4v) is 0.885. The summed E-state index contributed by atoms with van der Waals surface area (Å²) in [4.78, 5) is 0. The highest BCUT2D eigenvalue weighted by Gasteiger charge is 2.25. The average molecular weight is 268 g/mol. The van der Waals surface area contributed by atoms with Gasteiger partial charge in [-0.15, -0.1) is 0 Å². The van der Waals surface area contributed by atoms with Crippen molar-refractivity contribution in [2.45, 2.75) is 13.0 Å². The van der Waals surface area contributed by atoms with Crippen molar-refractivity contribution in [1.29, 1.82) is 0 Å². The molecule has 4 heteroatoms. The average Bonchev–Trinajstić information content (AvgIpc) is 2.20. The van der Waals surface area contributed by atoms with Crippen molar-refractivity contribution in [3.63, 3.8) is 0 Å². The molecule has 1 atom stereocenters. The van der Waals surface area contributed by atoms with Gasteiger partial charge in [-0.3, -0.25) is 0 Å². The molecule has 3 nitrogen and oxygen atoms in total. The molecule has 2 N–H and O–H groups in total. The predicted octanol–water partition coefficient (Wildman–Crippen LogP) is -3.08. The molecule has 0 bridgehead atoms. The van der Waals surface area contributed by atoms with Crippen molar-refractivity contribution in [3.05, 3.63) is 12.3 Å². The first-order chi connectivity index (χ1) is 4.75. The molecule has 1 aliphatic heterocycles. The highest BCUT2D eigenvalue weighted by atomic mass is 127. The van der Waals surface area contributed by atoms with Crippen LogP contribution in [-0.4, -0.2) is 30.2 Å². The normalized spacial score (nSPS) is 23.6. The van der Waals surface area contributed by atoms with E-state index in [0.717, 1.165) is 12.5 Å². The Morgan fingerprint density at radius 1 is 1.73 bits per heavy atom. The van der Waals surface area contributed by atoms with E-state index in [9.17, 15) is 0 Å². The van der Waals surface area contributed by atoms with Gasteiger partial charge >= 0.3 is 5.90 Å². The summed E-state index contributed by atoms with van der Waals surface area (Å²) in [5.41, 5.74) is 5.21. The summed E-state index contributed by atoms with van der Waals surface area (Å²) in [6.45, 7) is 2.87. The summed E-state index contributed by atoms with van der Waals surface area (Å²) in [5, 5.41) is 0. The van der Waals surface area contributed by atoms with E-state index in [-0.39, 0.29) is 24.0 Å². The van der Waals surface area contributed by atoms with Crippen molar-refractivity contribution in [1.82, 2.24) is 0 Å². The molecule has 0 aromatic carbocycles. The Labute approximate surface area is 83.9 Å². The van der Waals surface area contributed by atoms with Crippen LogP contribution in [0.15, 0.2) is 12.3 Å². The molecule has 0 fully saturated rings. The molecular weight excluding hydrogens is 255 g/mol. The minimum Gasteiger partial charge on any atom is -1.00 e. The molecule has 1 heterocycles. The topological polar surface area (TPSA) is 38.3 Å². The molecule has 1 unspecified atom stereocenters. The second-order valence-electron chi connectivity index (χ2n) is 2.47. The lowest BCUT2D eigenvalue weighted by Gasteiger charge is -1.91. The van der Waals surface area contributed by atoms with Gasteiger partial charge in [-0.25, -0.2) is 0 Å². The second-order valence-corrected chi connectivity index (χ2v) is 2.47. The van der Waals surface area contributed by atoms with E-state index in [1.807, 2.05) is 7.05 Å². The number of hydrogen-bond acceptors (Lipinski definition) is 2. The van der Waals surface area contributed by atoms with Crippen LogP contribution in [-0.2, 0) is 4.74 Å². The minimum absolute atomic E-state index is 0. The largest absolute Gasteiger partial charge is 1.00 e. The molecule has 64 valence electrons. The first-order valence-corrected chi connectivity index (χ1v) is 3.36. The van der Waals surface area contributed by atoms with Crippen LogP contribution in [0.2, 0.25) is 0 Å². The maximum Gasteiger partial charge on any atom is 0.364 e. The molecule has 11 heavy (non-hydrogen) atoms. The third kappa shape index (κ3) is 2.36. The van der Waals surface area contributed by atoms with E-state index in [1.54, 1.807) is 6.08 Å². The monoisotopic (exact) mass is 268 g/mol. The first-order valence-electron chi connectivity index (χ1n) is 3.36. The van der Waals surface area contributed by atoms with E-state index in [4.69, 9.17) is 10.5 Å². The van der Waals surface area contributed by atoms with Gasteiger partial charge in [0.05, 0.1) is 6.08 Å². The fraction of sp³-hybridized carbons (Fsp3) is 0.571. The first kappa shape index (κ1) is 10.7. The van der Waals surface area contributed by atoms with E-state index in [1.165, 1.54) is 6.20 Å². The van der Waals surface area contributed by atoms with Crippen molar-refractivity contribution < 1.29 is 33.3 Å². The summed E-state index contributed by atoms with van der Waals surface area (Å²) in [5.74, 6) is 0.856. The number of hydrogen-bond donors (Lipinski definition) is 1. The summed E-state index contributed by atoms with van der Waals surface area (Å²) >= 11 is 0. The lowest BCUT2D eigenvalue weighted by molar-refractivity contribution is -0.522. The molecule has 0 aromatic heterocycles. The van der Waals surface area contributed by atoms with Gasteiger partial charge in [-0.1, -0.05) is 0 Å². The van der Waals surface area contributed by atoms with Gasteiger partial charge in [-0.05, 0) is 0 Å². The summed E-state index contributed by atoms with van der Waals surface area (Å²) in [6.07, 6.45) is 3.26. The third-order valence-corrected chi connectivity index (χ3v) is 1.72. The SMILES string of the molecule is CC1COC(/C=C/N)=[N+]1C.[I-]. The maximum absolute atomic E-state index is 5.29. The van der Waals surface area contributed by atoms with Gasteiger partial charge in [0, 0.05) is 13.1 Å². The highest BCUT2D eigenvalue weighted by molar-refractivity contribution is 5.83. The van der Waals surface area contributed by atoms with Gasteiger partial charge in [0.2, 0.25) is 0 Å². The van der Waals surface area contributed by atoms with Gasteiger partial charge in [0.15, 0.2) is 12.6 Å². The van der Waals surface area contributed by atoms with E-state index >= 15 is 0 Å². The third-order valence-electron chi connectivity index (χ3n) is 1.72. The van der Waals surface area contributed by atoms with Crippen LogP contribution in [0, 0.1) is 0 Å². The molecule has 1 rings (SSSR count). The number of nitrogens with two attached hydrogens (primary N) is 1. The van der Waals surface area contributed by atoms with Gasteiger partial charge in [-0.2, -0.15) is 4.58 Å². The highest BCUT2D eigenvalue weighted by Crippen LogP contribution is 2.01. The molecule has 1 aliphatic rings. The zero-order valence-corrected chi connectivity index (χ0v) is 8.91. The molecule has 0 spiro atoms. The smallest absolute Gasteiger partial charge is 0.364 e. The Hall–Kier alpha value is -0.260. The van der Waals surface area contributed by atoms with Crippen LogP contribution in [0.3, 0.4) is 0 Å². The Morgan fingerprint density at radius 3 is 2.73 bits per heavy atom. The van der Waals surface area contributed by atoms with Crippen molar-refractivity contribution >= 4 is 5.90 Å². The van der Waals surface area contributed by atoms with Crippen LogP contribution < -0.4 is 29.7 Å². The fourth-order valence-electron chi connectivity index (χ4n) is 0.885. The molecular formula is C7H13IN2O. The van der Waals surface area contributed by atoms with Gasteiger partial charge < -0.3 is 34.4 Å². The quantitative estimate of drug-likeness (QED) is 0.405. The Balaban J connectivity index is 0.000001000. The Morgan fingerprint density at radius 2 is 2.36 bits per heavy atom. The number of halogens is 1. The number of rotatable bonds is 1. The zero-order chi connectivity index (χ0) is 7.56. The van der Waals surface area contributed by atoms with Crippen molar-refractivity contribution in [2.75, 3.05) is 13.7 Å². The van der Waals surface area contributed by atoms with Crippen LogP contribution in [0.4, 0.5) is 0 Å². The van der Waals surface area contributed by atoms with E-state index in [2.05, 4.69) is 11.5 Å². The number of ether oxygens (including phenoxy) is 1. The summed E-state index contributed by atoms with van der Waals surface area (Å²) in [6, 6.07) is 0.464. The van der Waals surface area contributed by atoms with Crippen molar-refractivity contribution in [2.24, 2.45) is 5.73 Å². The number of likely N-dealkylation sites (N-methyl/N-ethyl adjacent to an activating group) is 1. The molecule has 0 aromatic rings. The molecule has 0 aliphatic carbocycles. The maximum atomic E-state index is 5.29. The van der Waals surface area contributed by atoms with Crippen LogP contribution in [0.5, 0.6) is 0 Å². The molecule has 0 saturated carbocycles. The second kappa shape index (κ2) is 4.58. The lowest BCUT2D eigenvalue weighted by Crippen LogP contribution is -3.00. The van der Waals surface area contributed by atoms with Crippen LogP contribution >= 0.6 is 0 Å². The van der Waals surface area contributed by atoms with Crippen LogP contribution in [0.25, 0.3) is 0 Å². The minimum atomic E-state index is 0. The van der Waals surface area contributed by atoms with Crippen molar-refractivity contribution in [3.8, 4) is 0 Å². The van der Waals surface area contributed by atoms with E-state index in [0.29, 0.717) is 6.04 Å². The lowest BCUT2D eigenvalue weighted by atomic mass is 10.4. The molecule has 0 radical (unpaired) electrons. The van der Waals surface area contributed by atoms with Gasteiger partial charge in [0.25, 0.3) is 0 Å². The Kier molecular flexibility index (Phi) is 4.48.